The molecule has 1 aromatic rings. The number of likely N-dealkylation sites (N-methyl/N-ethyl adjacent to an activating group) is 1. The molecule has 0 amide bonds. The molecule has 0 saturated carbocycles. The van der Waals surface area contributed by atoms with Crippen molar-refractivity contribution in [1.82, 2.24) is 0 Å². The van der Waals surface area contributed by atoms with Crippen LogP contribution < -0.4 is 9.80 Å². The Morgan fingerprint density at radius 3 is 2.68 bits per heavy atom. The van der Waals surface area contributed by atoms with Gasteiger partial charge in [0.05, 0.1) is 13.2 Å². The summed E-state index contributed by atoms with van der Waals surface area (Å²) >= 11 is 0. The van der Waals surface area contributed by atoms with E-state index in [1.807, 2.05) is 19.2 Å². The highest BCUT2D eigenvalue weighted by molar-refractivity contribution is 5.93. The molecule has 4 nitrogen and oxygen atoms in total. The van der Waals surface area contributed by atoms with Crippen molar-refractivity contribution in [2.45, 2.75) is 19.3 Å². The maximum atomic E-state index is 12.5. The highest BCUT2D eigenvalue weighted by Crippen LogP contribution is 2.46. The summed E-state index contributed by atoms with van der Waals surface area (Å²) in [5.41, 5.74) is 3.45. The molecular weight excluding hydrogens is 276 g/mol. The van der Waals surface area contributed by atoms with Crippen LogP contribution in [0.3, 0.4) is 0 Å². The molecule has 0 atom stereocenters. The Bertz CT molecular complexity index is 601. The zero-order chi connectivity index (χ0) is 15.7. The van der Waals surface area contributed by atoms with Gasteiger partial charge in [0.2, 0.25) is 5.78 Å². The monoisotopic (exact) mass is 301 g/mol. The van der Waals surface area contributed by atoms with E-state index in [1.165, 1.54) is 16.2 Å². The predicted octanol–water partition coefficient (Wildman–Crippen LogP) is 0.782. The number of hydrogen-bond donors (Lipinski definition) is 1. The molecule has 22 heavy (non-hydrogen) atoms. The van der Waals surface area contributed by atoms with E-state index in [4.69, 9.17) is 4.74 Å². The van der Waals surface area contributed by atoms with Gasteiger partial charge in [-0.15, -0.1) is 0 Å². The highest BCUT2D eigenvalue weighted by Gasteiger charge is 2.38. The number of fused-ring (bicyclic) bond motifs is 1. The molecule has 3 rings (SSSR count). The Morgan fingerprint density at radius 2 is 2.00 bits per heavy atom. The van der Waals surface area contributed by atoms with Crippen molar-refractivity contribution < 1.29 is 14.4 Å². The fraction of sp³-hybridized carbons (Fsp3) is 0.500. The molecule has 0 spiro atoms. The lowest BCUT2D eigenvalue weighted by Gasteiger charge is -2.25. The third-order valence-electron chi connectivity index (χ3n) is 4.86. The van der Waals surface area contributed by atoms with Gasteiger partial charge in [-0.1, -0.05) is 32.0 Å². The topological polar surface area (TPSA) is 34.0 Å². The van der Waals surface area contributed by atoms with E-state index in [0.29, 0.717) is 6.54 Å². The number of quaternary nitrogens is 1. The Morgan fingerprint density at radius 1 is 1.32 bits per heavy atom. The summed E-state index contributed by atoms with van der Waals surface area (Å²) in [4.78, 5) is 16.0. The maximum absolute atomic E-state index is 12.5. The van der Waals surface area contributed by atoms with Crippen molar-refractivity contribution in [2.75, 3.05) is 44.8 Å². The van der Waals surface area contributed by atoms with Crippen molar-refractivity contribution in [3.05, 3.63) is 41.6 Å². The van der Waals surface area contributed by atoms with Gasteiger partial charge in [-0.2, -0.15) is 0 Å². The zero-order valence-electron chi connectivity index (χ0n) is 13.7. The van der Waals surface area contributed by atoms with Crippen LogP contribution in [0.2, 0.25) is 0 Å². The summed E-state index contributed by atoms with van der Waals surface area (Å²) < 4.78 is 5.35. The molecule has 0 unspecified atom stereocenters. The maximum Gasteiger partial charge on any atom is 0.211 e. The van der Waals surface area contributed by atoms with Crippen LogP contribution in [-0.2, 0) is 14.9 Å². The van der Waals surface area contributed by atoms with Crippen LogP contribution in [0.4, 0.5) is 5.69 Å². The number of rotatable bonds is 3. The van der Waals surface area contributed by atoms with Crippen molar-refractivity contribution >= 4 is 11.5 Å². The van der Waals surface area contributed by atoms with Gasteiger partial charge in [0.15, 0.2) is 0 Å². The van der Waals surface area contributed by atoms with E-state index in [1.54, 1.807) is 0 Å². The number of carbonyl (C=O) groups excluding carboxylic acids is 1. The molecule has 0 bridgehead atoms. The molecule has 2 heterocycles. The number of para-hydroxylation sites is 1. The quantitative estimate of drug-likeness (QED) is 0.838. The summed E-state index contributed by atoms with van der Waals surface area (Å²) in [6.07, 6.45) is 1.85. The molecule has 4 heteroatoms. The van der Waals surface area contributed by atoms with Crippen LogP contribution in [0.25, 0.3) is 0 Å². The Labute approximate surface area is 132 Å². The fourth-order valence-electron chi connectivity index (χ4n) is 3.55. The number of anilines is 1. The van der Waals surface area contributed by atoms with E-state index in [-0.39, 0.29) is 11.2 Å². The number of benzene rings is 1. The van der Waals surface area contributed by atoms with Gasteiger partial charge in [-0.3, -0.25) is 4.79 Å². The Hall–Kier alpha value is -1.65. The second-order valence-corrected chi connectivity index (χ2v) is 6.74. The summed E-state index contributed by atoms with van der Waals surface area (Å²) in [7, 11) is 2.05. The SMILES string of the molecule is CN1/C(=C/C(=O)C[NH+]2CCOCC2)C(C)(C)c2ccccc21. The third kappa shape index (κ3) is 2.69. The Balaban J connectivity index is 1.80. The van der Waals surface area contributed by atoms with Gasteiger partial charge < -0.3 is 14.5 Å². The van der Waals surface area contributed by atoms with Crippen molar-refractivity contribution in [2.24, 2.45) is 0 Å². The van der Waals surface area contributed by atoms with Crippen molar-refractivity contribution in [3.63, 3.8) is 0 Å². The third-order valence-corrected chi connectivity index (χ3v) is 4.86. The molecule has 118 valence electrons. The first-order valence-corrected chi connectivity index (χ1v) is 7.99. The number of morpholine rings is 1. The highest BCUT2D eigenvalue weighted by atomic mass is 16.5. The summed E-state index contributed by atoms with van der Waals surface area (Å²) in [5, 5.41) is 0. The predicted molar refractivity (Wildman–Crippen MR) is 87.3 cm³/mol. The summed E-state index contributed by atoms with van der Waals surface area (Å²) in [6.45, 7) is 8.31. The van der Waals surface area contributed by atoms with Crippen LogP contribution in [0.5, 0.6) is 0 Å². The van der Waals surface area contributed by atoms with E-state index in [9.17, 15) is 4.79 Å². The summed E-state index contributed by atoms with van der Waals surface area (Å²) in [5.74, 6) is 0.208. The lowest BCUT2D eigenvalue weighted by atomic mass is 9.83. The number of allylic oxidation sites excluding steroid dienone is 1. The molecule has 1 fully saturated rings. The van der Waals surface area contributed by atoms with E-state index < -0.39 is 0 Å². The van der Waals surface area contributed by atoms with Gasteiger partial charge in [0.25, 0.3) is 0 Å². The van der Waals surface area contributed by atoms with Gasteiger partial charge in [0.1, 0.15) is 19.6 Å². The average molecular weight is 301 g/mol. The first kappa shape index (κ1) is 15.3. The first-order valence-electron chi connectivity index (χ1n) is 7.99. The largest absolute Gasteiger partial charge is 0.370 e. The molecule has 1 saturated heterocycles. The minimum absolute atomic E-state index is 0.124. The number of nitrogens with zero attached hydrogens (tertiary/aromatic N) is 1. The molecular formula is C18H25N2O2+. The number of ether oxygens (including phenoxy) is 1. The normalized spacial score (nSPS) is 22.9. The molecule has 1 N–H and O–H groups in total. The standard InChI is InChI=1S/C18H24N2O2/c1-18(2)15-6-4-5-7-16(15)19(3)17(18)12-14(21)13-20-8-10-22-11-9-20/h4-7,12H,8-11,13H2,1-3H3/p+1/b17-12+. The molecule has 0 aromatic heterocycles. The van der Waals surface area contributed by atoms with E-state index in [0.717, 1.165) is 32.0 Å². The van der Waals surface area contributed by atoms with Crippen molar-refractivity contribution in [3.8, 4) is 0 Å². The summed E-state index contributed by atoms with van der Waals surface area (Å²) in [6, 6.07) is 8.39. The second kappa shape index (κ2) is 5.86. The molecule has 2 aliphatic rings. The minimum Gasteiger partial charge on any atom is -0.370 e. The van der Waals surface area contributed by atoms with Crippen LogP contribution in [-0.4, -0.2) is 45.7 Å². The van der Waals surface area contributed by atoms with E-state index in [2.05, 4.69) is 36.9 Å². The zero-order valence-corrected chi connectivity index (χ0v) is 13.7. The fourth-order valence-corrected chi connectivity index (χ4v) is 3.55. The second-order valence-electron chi connectivity index (χ2n) is 6.74. The van der Waals surface area contributed by atoms with Crippen LogP contribution in [0, 0.1) is 0 Å². The van der Waals surface area contributed by atoms with Gasteiger partial charge in [-0.25, -0.2) is 0 Å². The minimum atomic E-state index is -0.124. The van der Waals surface area contributed by atoms with Gasteiger partial charge in [0, 0.05) is 29.9 Å². The number of carbonyl (C=O) groups is 1. The molecule has 0 aliphatic carbocycles. The van der Waals surface area contributed by atoms with Crippen LogP contribution in [0.1, 0.15) is 19.4 Å². The average Bonchev–Trinajstić information content (AvgIpc) is 2.70. The smallest absolute Gasteiger partial charge is 0.211 e. The number of ketones is 1. The molecule has 1 aromatic carbocycles. The van der Waals surface area contributed by atoms with Gasteiger partial charge >= 0.3 is 0 Å². The first-order chi connectivity index (χ1) is 10.5. The Kier molecular flexibility index (Phi) is 4.06. The van der Waals surface area contributed by atoms with Crippen molar-refractivity contribution in [1.29, 1.82) is 0 Å². The molecule has 0 radical (unpaired) electrons. The number of hydrogen-bond acceptors (Lipinski definition) is 3. The number of nitrogens with one attached hydrogen (secondary N) is 1. The van der Waals surface area contributed by atoms with Crippen LogP contribution >= 0.6 is 0 Å². The van der Waals surface area contributed by atoms with Gasteiger partial charge in [-0.05, 0) is 11.6 Å². The lowest BCUT2D eigenvalue weighted by molar-refractivity contribution is -0.899. The molecule has 2 aliphatic heterocycles. The van der Waals surface area contributed by atoms with Crippen LogP contribution in [0.15, 0.2) is 36.0 Å². The van der Waals surface area contributed by atoms with E-state index >= 15 is 0 Å². The lowest BCUT2D eigenvalue weighted by Crippen LogP contribution is -3.14.